The van der Waals surface area contributed by atoms with Gasteiger partial charge in [-0.15, -0.1) is 11.3 Å². The third-order valence-corrected chi connectivity index (χ3v) is 6.25. The van der Waals surface area contributed by atoms with Crippen LogP contribution in [-0.4, -0.2) is 62.7 Å². The van der Waals surface area contributed by atoms with Crippen LogP contribution in [0.15, 0.2) is 5.38 Å². The quantitative estimate of drug-likeness (QED) is 0.795. The second-order valence-electron chi connectivity index (χ2n) is 6.80. The van der Waals surface area contributed by atoms with E-state index in [1.165, 1.54) is 17.5 Å². The number of aryl methyl sites for hydroxylation is 1. The van der Waals surface area contributed by atoms with Crippen LogP contribution >= 0.6 is 11.3 Å². The molecule has 1 aromatic rings. The van der Waals surface area contributed by atoms with Gasteiger partial charge in [0.15, 0.2) is 0 Å². The predicted molar refractivity (Wildman–Crippen MR) is 98.1 cm³/mol. The van der Waals surface area contributed by atoms with Gasteiger partial charge < -0.3 is 15.4 Å². The van der Waals surface area contributed by atoms with Gasteiger partial charge in [0.2, 0.25) is 5.91 Å². The summed E-state index contributed by atoms with van der Waals surface area (Å²) >= 11 is 1.56. The number of ether oxygens (including phenoxy) is 1. The van der Waals surface area contributed by atoms with Gasteiger partial charge in [-0.05, 0) is 48.6 Å². The van der Waals surface area contributed by atoms with Gasteiger partial charge >= 0.3 is 0 Å². The third kappa shape index (κ3) is 4.04. The number of methoxy groups -OCH3 is 1. The lowest BCUT2D eigenvalue weighted by molar-refractivity contribution is -0.125. The van der Waals surface area contributed by atoms with Crippen molar-refractivity contribution in [2.24, 2.45) is 0 Å². The molecule has 138 valence electrons. The smallest absolute Gasteiger partial charge is 0.261 e. The van der Waals surface area contributed by atoms with Crippen LogP contribution in [0.2, 0.25) is 0 Å². The van der Waals surface area contributed by atoms with Crippen molar-refractivity contribution in [2.75, 3.05) is 33.9 Å². The minimum absolute atomic E-state index is 0.00125. The molecule has 1 aliphatic heterocycles. The number of fused-ring (bicyclic) bond motifs is 1. The van der Waals surface area contributed by atoms with Crippen LogP contribution in [-0.2, 0) is 22.4 Å². The van der Waals surface area contributed by atoms with Crippen molar-refractivity contribution in [3.63, 3.8) is 0 Å². The molecular formula is C18H27N3O3S. The van der Waals surface area contributed by atoms with Gasteiger partial charge in [0.05, 0.1) is 17.5 Å². The largest absolute Gasteiger partial charge is 0.383 e. The van der Waals surface area contributed by atoms with E-state index >= 15 is 0 Å². The van der Waals surface area contributed by atoms with Gasteiger partial charge in [-0.3, -0.25) is 14.5 Å². The third-order valence-electron chi connectivity index (χ3n) is 5.18. The molecule has 0 spiro atoms. The Balaban J connectivity index is 1.65. The first-order valence-corrected chi connectivity index (χ1v) is 9.86. The van der Waals surface area contributed by atoms with Gasteiger partial charge in [0.1, 0.15) is 0 Å². The Morgan fingerprint density at radius 2 is 2.16 bits per heavy atom. The number of likely N-dealkylation sites (N-methyl/N-ethyl adjacent to an activating group) is 1. The molecule has 2 atom stereocenters. The molecule has 2 heterocycles. The molecule has 0 bridgehead atoms. The summed E-state index contributed by atoms with van der Waals surface area (Å²) in [6.07, 6.45) is 5.12. The van der Waals surface area contributed by atoms with E-state index in [1.807, 2.05) is 0 Å². The van der Waals surface area contributed by atoms with Crippen LogP contribution in [0.4, 0.5) is 0 Å². The van der Waals surface area contributed by atoms with E-state index in [-0.39, 0.29) is 23.9 Å². The lowest BCUT2D eigenvalue weighted by atomic mass is 9.94. The molecule has 1 fully saturated rings. The zero-order chi connectivity index (χ0) is 17.8. The Morgan fingerprint density at radius 1 is 1.36 bits per heavy atom. The highest BCUT2D eigenvalue weighted by Crippen LogP contribution is 2.30. The molecule has 0 saturated carbocycles. The van der Waals surface area contributed by atoms with Gasteiger partial charge in [0.25, 0.3) is 5.91 Å². The normalized spacial score (nSPS) is 23.3. The molecule has 2 unspecified atom stereocenters. The Labute approximate surface area is 152 Å². The molecule has 25 heavy (non-hydrogen) atoms. The van der Waals surface area contributed by atoms with E-state index in [0.717, 1.165) is 24.1 Å². The molecular weight excluding hydrogens is 338 g/mol. The van der Waals surface area contributed by atoms with Crippen LogP contribution < -0.4 is 10.6 Å². The van der Waals surface area contributed by atoms with Crippen molar-refractivity contribution in [2.45, 2.75) is 44.2 Å². The molecule has 2 amide bonds. The highest BCUT2D eigenvalue weighted by atomic mass is 32.1. The van der Waals surface area contributed by atoms with Crippen LogP contribution in [0, 0.1) is 0 Å². The fraction of sp³-hybridized carbons (Fsp3) is 0.667. The molecule has 0 radical (unpaired) electrons. The summed E-state index contributed by atoms with van der Waals surface area (Å²) in [5.74, 6) is 0.0174. The first kappa shape index (κ1) is 18.4. The zero-order valence-electron chi connectivity index (χ0n) is 15.0. The summed E-state index contributed by atoms with van der Waals surface area (Å²) in [6, 6.07) is -0.212. The average molecular weight is 365 g/mol. The summed E-state index contributed by atoms with van der Waals surface area (Å²) in [4.78, 5) is 27.8. The SMILES string of the molecule is CNC(=O)C1CC(NC(=O)c2scc3c2CCCC3)CN1CCOC. The number of carbonyl (C=O) groups is 2. The van der Waals surface area contributed by atoms with Gasteiger partial charge in [-0.25, -0.2) is 0 Å². The maximum Gasteiger partial charge on any atom is 0.261 e. The van der Waals surface area contributed by atoms with Crippen molar-refractivity contribution in [1.29, 1.82) is 0 Å². The molecule has 1 aromatic heterocycles. The Morgan fingerprint density at radius 3 is 2.92 bits per heavy atom. The minimum atomic E-state index is -0.206. The van der Waals surface area contributed by atoms with Crippen molar-refractivity contribution in [1.82, 2.24) is 15.5 Å². The monoisotopic (exact) mass is 365 g/mol. The number of thiophene rings is 1. The zero-order valence-corrected chi connectivity index (χ0v) is 15.8. The molecule has 7 heteroatoms. The molecule has 1 saturated heterocycles. The van der Waals surface area contributed by atoms with E-state index < -0.39 is 0 Å². The molecule has 2 N–H and O–H groups in total. The molecule has 3 rings (SSSR count). The standard InChI is InChI=1S/C18H27N3O3S/c1-19-17(22)15-9-13(10-21(15)7-8-24-2)20-18(23)16-14-6-4-3-5-12(14)11-25-16/h11,13,15H,3-10H2,1-2H3,(H,19,22)(H,20,23). The fourth-order valence-corrected chi connectivity index (χ4v) is 4.93. The van der Waals surface area contributed by atoms with Crippen molar-refractivity contribution in [3.8, 4) is 0 Å². The van der Waals surface area contributed by atoms with E-state index in [0.29, 0.717) is 26.1 Å². The van der Waals surface area contributed by atoms with Gasteiger partial charge in [-0.1, -0.05) is 0 Å². The predicted octanol–water partition coefficient (Wildman–Crippen LogP) is 1.19. The summed E-state index contributed by atoms with van der Waals surface area (Å²) in [5, 5.41) is 8.01. The maximum atomic E-state index is 12.8. The number of nitrogens with one attached hydrogen (secondary N) is 2. The van der Waals surface area contributed by atoms with Crippen molar-refractivity contribution < 1.29 is 14.3 Å². The van der Waals surface area contributed by atoms with Crippen LogP contribution in [0.5, 0.6) is 0 Å². The summed E-state index contributed by atoms with van der Waals surface area (Å²) in [5.41, 5.74) is 2.59. The molecule has 6 nitrogen and oxygen atoms in total. The van der Waals surface area contributed by atoms with E-state index in [4.69, 9.17) is 4.74 Å². The molecule has 0 aromatic carbocycles. The van der Waals surface area contributed by atoms with Crippen LogP contribution in [0.25, 0.3) is 0 Å². The van der Waals surface area contributed by atoms with Gasteiger partial charge in [-0.2, -0.15) is 0 Å². The highest BCUT2D eigenvalue weighted by molar-refractivity contribution is 7.12. The lowest BCUT2D eigenvalue weighted by Crippen LogP contribution is -2.43. The number of carbonyl (C=O) groups excluding carboxylic acids is 2. The number of hydrogen-bond acceptors (Lipinski definition) is 5. The molecule has 2 aliphatic rings. The first-order chi connectivity index (χ1) is 12.1. The van der Waals surface area contributed by atoms with Crippen LogP contribution in [0.3, 0.4) is 0 Å². The van der Waals surface area contributed by atoms with Crippen LogP contribution in [0.1, 0.15) is 40.1 Å². The maximum absolute atomic E-state index is 12.8. The van der Waals surface area contributed by atoms with E-state index in [1.54, 1.807) is 25.5 Å². The van der Waals surface area contributed by atoms with Crippen molar-refractivity contribution >= 4 is 23.2 Å². The number of hydrogen-bond donors (Lipinski definition) is 2. The van der Waals surface area contributed by atoms with Gasteiger partial charge in [0, 0.05) is 33.3 Å². The Hall–Kier alpha value is -1.44. The second-order valence-corrected chi connectivity index (χ2v) is 7.68. The summed E-state index contributed by atoms with van der Waals surface area (Å²) < 4.78 is 5.14. The Kier molecular flexibility index (Phi) is 6.09. The minimum Gasteiger partial charge on any atom is -0.383 e. The first-order valence-electron chi connectivity index (χ1n) is 8.98. The highest BCUT2D eigenvalue weighted by Gasteiger charge is 2.37. The van der Waals surface area contributed by atoms with E-state index in [9.17, 15) is 9.59 Å². The number of rotatable bonds is 6. The van der Waals surface area contributed by atoms with E-state index in [2.05, 4.69) is 20.9 Å². The fourth-order valence-electron chi connectivity index (χ4n) is 3.86. The average Bonchev–Trinajstić information content (AvgIpc) is 3.23. The Bertz CT molecular complexity index is 631. The number of likely N-dealkylation sites (tertiary alicyclic amines) is 1. The molecule has 1 aliphatic carbocycles. The lowest BCUT2D eigenvalue weighted by Gasteiger charge is -2.22. The topological polar surface area (TPSA) is 70.7 Å². The van der Waals surface area contributed by atoms with Crippen molar-refractivity contribution in [3.05, 3.63) is 21.4 Å². The summed E-state index contributed by atoms with van der Waals surface area (Å²) in [7, 11) is 3.31. The second kappa shape index (κ2) is 8.29. The summed E-state index contributed by atoms with van der Waals surface area (Å²) in [6.45, 7) is 1.95. The number of nitrogens with zero attached hydrogens (tertiary/aromatic N) is 1. The number of amides is 2.